The van der Waals surface area contributed by atoms with E-state index in [4.69, 9.17) is 9.47 Å². The number of carbonyl (C=O) groups is 1. The first kappa shape index (κ1) is 24.5. The summed E-state index contributed by atoms with van der Waals surface area (Å²) in [5.74, 6) is 0.585. The van der Waals surface area contributed by atoms with Crippen LogP contribution in [0.5, 0.6) is 5.75 Å². The highest BCUT2D eigenvalue weighted by molar-refractivity contribution is 5.71. The van der Waals surface area contributed by atoms with E-state index in [1.807, 2.05) is 57.2 Å². The number of hydrogen-bond acceptors (Lipinski definition) is 4. The van der Waals surface area contributed by atoms with Gasteiger partial charge in [0.2, 0.25) is 0 Å². The lowest BCUT2D eigenvalue weighted by atomic mass is 9.96. The van der Waals surface area contributed by atoms with Gasteiger partial charge < -0.3 is 9.47 Å². The third-order valence-corrected chi connectivity index (χ3v) is 5.67. The molecule has 0 unspecified atom stereocenters. The number of carbonyl (C=O) groups excluding carboxylic acids is 1. The minimum Gasteiger partial charge on any atom is -0.497 e. The number of ether oxygens (including phenoxy) is 2. The first-order valence-corrected chi connectivity index (χ1v) is 11.5. The molecule has 0 aliphatic heterocycles. The molecule has 3 rings (SSSR count). The monoisotopic (exact) mass is 445 g/mol. The van der Waals surface area contributed by atoms with E-state index in [9.17, 15) is 4.79 Å². The van der Waals surface area contributed by atoms with Crippen LogP contribution in [0.25, 0.3) is 0 Å². The molecule has 0 saturated heterocycles. The second-order valence-electron chi connectivity index (χ2n) is 9.32. The van der Waals surface area contributed by atoms with Crippen molar-refractivity contribution in [2.45, 2.75) is 58.3 Å². The Morgan fingerprint density at radius 1 is 0.848 bits per heavy atom. The average Bonchev–Trinajstić information content (AvgIpc) is 2.81. The largest absolute Gasteiger partial charge is 0.497 e. The number of hydrogen-bond donors (Lipinski definition) is 0. The van der Waals surface area contributed by atoms with Gasteiger partial charge in [0.05, 0.1) is 13.5 Å². The fraction of sp³-hybridized carbons (Fsp3) is 0.345. The molecule has 0 radical (unpaired) electrons. The highest BCUT2D eigenvalue weighted by atomic mass is 16.6. The minimum absolute atomic E-state index is 0.0842. The van der Waals surface area contributed by atoms with Crippen molar-refractivity contribution >= 4 is 5.97 Å². The second-order valence-corrected chi connectivity index (χ2v) is 9.32. The third kappa shape index (κ3) is 7.19. The van der Waals surface area contributed by atoms with E-state index >= 15 is 0 Å². The normalized spacial score (nSPS) is 13.4. The van der Waals surface area contributed by atoms with Crippen LogP contribution in [-0.2, 0) is 16.1 Å². The Morgan fingerprint density at radius 3 is 1.97 bits per heavy atom. The van der Waals surface area contributed by atoms with E-state index in [0.717, 1.165) is 11.3 Å². The Morgan fingerprint density at radius 2 is 1.42 bits per heavy atom. The summed E-state index contributed by atoms with van der Waals surface area (Å²) in [5, 5.41) is 0. The minimum atomic E-state index is -0.531. The molecule has 33 heavy (non-hydrogen) atoms. The second kappa shape index (κ2) is 11.2. The third-order valence-electron chi connectivity index (χ3n) is 5.67. The van der Waals surface area contributed by atoms with Gasteiger partial charge in [0, 0.05) is 18.6 Å². The van der Waals surface area contributed by atoms with Crippen molar-refractivity contribution in [3.05, 3.63) is 102 Å². The summed E-state index contributed by atoms with van der Waals surface area (Å²) in [6, 6.07) is 28.7. The van der Waals surface area contributed by atoms with Crippen molar-refractivity contribution in [3.8, 4) is 5.75 Å². The molecular weight excluding hydrogens is 410 g/mol. The molecule has 0 bridgehead atoms. The molecule has 0 amide bonds. The summed E-state index contributed by atoms with van der Waals surface area (Å²) in [6.45, 7) is 8.62. The molecule has 4 nitrogen and oxygen atoms in total. The molecule has 0 N–H and O–H groups in total. The molecule has 3 aromatic carbocycles. The van der Waals surface area contributed by atoms with Crippen LogP contribution in [-0.4, -0.2) is 23.6 Å². The first-order valence-electron chi connectivity index (χ1n) is 11.5. The molecule has 0 aliphatic carbocycles. The molecule has 0 saturated carbocycles. The van der Waals surface area contributed by atoms with Crippen LogP contribution in [0.15, 0.2) is 84.9 Å². The van der Waals surface area contributed by atoms with Crippen molar-refractivity contribution < 1.29 is 14.3 Å². The van der Waals surface area contributed by atoms with E-state index in [1.54, 1.807) is 7.11 Å². The Hall–Kier alpha value is -3.11. The first-order chi connectivity index (χ1) is 15.8. The summed E-state index contributed by atoms with van der Waals surface area (Å²) >= 11 is 0. The van der Waals surface area contributed by atoms with Gasteiger partial charge in [0.15, 0.2) is 0 Å². The van der Waals surface area contributed by atoms with Crippen molar-refractivity contribution in [2.75, 3.05) is 7.11 Å². The Balaban J connectivity index is 2.02. The van der Waals surface area contributed by atoms with Crippen LogP contribution in [0.1, 0.15) is 62.9 Å². The van der Waals surface area contributed by atoms with Crippen LogP contribution in [0.4, 0.5) is 0 Å². The molecule has 0 aliphatic rings. The van der Waals surface area contributed by atoms with Gasteiger partial charge in [-0.05, 0) is 56.5 Å². The van der Waals surface area contributed by atoms with Crippen LogP contribution in [0.3, 0.4) is 0 Å². The van der Waals surface area contributed by atoms with Gasteiger partial charge in [-0.2, -0.15) is 0 Å². The standard InChI is InChI=1S/C29H35NO3/c1-22(24-14-10-7-11-15-24)30(21-23-12-8-6-9-13-23)27(20-28(31)33-29(2,3)4)25-16-18-26(32-5)19-17-25/h6-19,22,27H,20-21H2,1-5H3/t22-,27+/m0/s1. The topological polar surface area (TPSA) is 38.8 Å². The Bertz CT molecular complexity index is 995. The van der Waals surface area contributed by atoms with Gasteiger partial charge >= 0.3 is 5.97 Å². The maximum absolute atomic E-state index is 13.0. The van der Waals surface area contributed by atoms with E-state index in [-0.39, 0.29) is 24.5 Å². The van der Waals surface area contributed by atoms with Crippen LogP contribution < -0.4 is 4.74 Å². The van der Waals surface area contributed by atoms with Crippen molar-refractivity contribution in [2.24, 2.45) is 0 Å². The fourth-order valence-corrected chi connectivity index (χ4v) is 4.03. The van der Waals surface area contributed by atoms with Crippen molar-refractivity contribution in [1.29, 1.82) is 0 Å². The lowest BCUT2D eigenvalue weighted by molar-refractivity contribution is -0.156. The van der Waals surface area contributed by atoms with E-state index < -0.39 is 5.60 Å². The summed E-state index contributed by atoms with van der Waals surface area (Å²) in [7, 11) is 1.66. The van der Waals surface area contributed by atoms with Crippen molar-refractivity contribution in [1.82, 2.24) is 4.90 Å². The average molecular weight is 446 g/mol. The summed E-state index contributed by atoms with van der Waals surface area (Å²) in [4.78, 5) is 15.4. The highest BCUT2D eigenvalue weighted by Crippen LogP contribution is 2.36. The zero-order valence-corrected chi connectivity index (χ0v) is 20.3. The number of benzene rings is 3. The molecule has 0 heterocycles. The molecular formula is C29H35NO3. The SMILES string of the molecule is COc1ccc([C@@H](CC(=O)OC(C)(C)C)N(Cc2ccccc2)[C@@H](C)c2ccccc2)cc1. The van der Waals surface area contributed by atoms with E-state index in [2.05, 4.69) is 60.4 Å². The number of nitrogens with zero attached hydrogens (tertiary/aromatic N) is 1. The predicted octanol–water partition coefficient (Wildman–Crippen LogP) is 6.73. The lowest BCUT2D eigenvalue weighted by Crippen LogP contribution is -2.34. The Kier molecular flexibility index (Phi) is 8.29. The predicted molar refractivity (Wildman–Crippen MR) is 133 cm³/mol. The van der Waals surface area contributed by atoms with Gasteiger partial charge in [-0.25, -0.2) is 0 Å². The van der Waals surface area contributed by atoms with Crippen molar-refractivity contribution in [3.63, 3.8) is 0 Å². The summed E-state index contributed by atoms with van der Waals surface area (Å²) in [5.41, 5.74) is 2.93. The quantitative estimate of drug-likeness (QED) is 0.342. The summed E-state index contributed by atoms with van der Waals surface area (Å²) in [6.07, 6.45) is 0.258. The zero-order chi connectivity index (χ0) is 23.8. The fourth-order valence-electron chi connectivity index (χ4n) is 4.03. The maximum Gasteiger partial charge on any atom is 0.308 e. The maximum atomic E-state index is 13.0. The smallest absolute Gasteiger partial charge is 0.308 e. The van der Waals surface area contributed by atoms with Gasteiger partial charge in [0.1, 0.15) is 11.4 Å². The van der Waals surface area contributed by atoms with Crippen LogP contribution in [0.2, 0.25) is 0 Å². The summed E-state index contributed by atoms with van der Waals surface area (Å²) < 4.78 is 11.1. The van der Waals surface area contributed by atoms with Gasteiger partial charge in [0.25, 0.3) is 0 Å². The number of esters is 1. The van der Waals surface area contributed by atoms with E-state index in [0.29, 0.717) is 6.54 Å². The van der Waals surface area contributed by atoms with E-state index in [1.165, 1.54) is 11.1 Å². The molecule has 2 atom stereocenters. The Labute approximate surface area is 198 Å². The van der Waals surface area contributed by atoms with Crippen LogP contribution >= 0.6 is 0 Å². The molecule has 0 aromatic heterocycles. The molecule has 3 aromatic rings. The molecule has 0 fully saturated rings. The zero-order valence-electron chi connectivity index (χ0n) is 20.3. The van der Waals surface area contributed by atoms with Crippen LogP contribution in [0, 0.1) is 0 Å². The van der Waals surface area contributed by atoms with Gasteiger partial charge in [-0.1, -0.05) is 72.8 Å². The van der Waals surface area contributed by atoms with Gasteiger partial charge in [-0.15, -0.1) is 0 Å². The highest BCUT2D eigenvalue weighted by Gasteiger charge is 2.30. The molecule has 174 valence electrons. The number of rotatable bonds is 9. The number of methoxy groups -OCH3 is 1. The lowest BCUT2D eigenvalue weighted by Gasteiger charge is -2.37. The van der Waals surface area contributed by atoms with Gasteiger partial charge in [-0.3, -0.25) is 9.69 Å². The molecule has 0 spiro atoms. The molecule has 4 heteroatoms.